The highest BCUT2D eigenvalue weighted by Gasteiger charge is 2.20. The van der Waals surface area contributed by atoms with Crippen molar-refractivity contribution in [2.75, 3.05) is 5.75 Å². The van der Waals surface area contributed by atoms with E-state index in [-0.39, 0.29) is 21.9 Å². The number of aromatic nitrogens is 1. The molecule has 0 bridgehead atoms. The van der Waals surface area contributed by atoms with Gasteiger partial charge in [0.05, 0.1) is 31.4 Å². The molecule has 0 aliphatic carbocycles. The molecule has 10 heteroatoms. The number of benzene rings is 2. The number of aryl methyl sites for hydroxylation is 1. The average Bonchev–Trinajstić information content (AvgIpc) is 2.96. The summed E-state index contributed by atoms with van der Waals surface area (Å²) in [5.74, 6) is -0.809. The number of fused-ring (bicyclic) bond motifs is 1. The van der Waals surface area contributed by atoms with Gasteiger partial charge in [-0.15, -0.1) is 0 Å². The first kappa shape index (κ1) is 18.9. The molecule has 0 radical (unpaired) electrons. The Morgan fingerprint density at radius 3 is 2.63 bits per heavy atom. The molecule has 140 valence electrons. The molecule has 27 heavy (non-hydrogen) atoms. The van der Waals surface area contributed by atoms with Crippen molar-refractivity contribution < 1.29 is 18.1 Å². The van der Waals surface area contributed by atoms with Crippen molar-refractivity contribution in [3.8, 4) is 0 Å². The van der Waals surface area contributed by atoms with Crippen LogP contribution in [0.3, 0.4) is 0 Å². The Morgan fingerprint density at radius 2 is 1.96 bits per heavy atom. The number of carbonyl (C=O) groups excluding carboxylic acids is 1. The number of rotatable bonds is 4. The maximum Gasteiger partial charge on any atom is 0.280 e. The van der Waals surface area contributed by atoms with E-state index < -0.39 is 20.7 Å². The molecule has 0 spiro atoms. The number of nitro groups is 1. The Kier molecular flexibility index (Phi) is 4.94. The molecule has 3 aromatic rings. The summed E-state index contributed by atoms with van der Waals surface area (Å²) in [7, 11) is -1.93. The maximum absolute atomic E-state index is 12.7. The second-order valence-corrected chi connectivity index (χ2v) is 8.93. The number of thiazole rings is 1. The summed E-state index contributed by atoms with van der Waals surface area (Å²) >= 11 is 1.19. The number of carbonyl (C=O) groups is 1. The number of sulfone groups is 1. The van der Waals surface area contributed by atoms with Crippen LogP contribution in [0.15, 0.2) is 52.4 Å². The van der Waals surface area contributed by atoms with E-state index in [1.165, 1.54) is 42.5 Å². The van der Waals surface area contributed by atoms with Crippen molar-refractivity contribution in [3.05, 3.63) is 62.9 Å². The van der Waals surface area contributed by atoms with Crippen LogP contribution in [-0.4, -0.2) is 29.6 Å². The fourth-order valence-electron chi connectivity index (χ4n) is 2.55. The Labute approximate surface area is 158 Å². The Hall–Kier alpha value is -2.85. The van der Waals surface area contributed by atoms with Gasteiger partial charge in [-0.3, -0.25) is 14.9 Å². The second-order valence-electron chi connectivity index (χ2n) is 5.67. The molecular formula is C17H15N3O5S2. The van der Waals surface area contributed by atoms with E-state index in [0.717, 1.165) is 4.70 Å². The SMILES string of the molecule is CCS(=O)(=O)c1ccccc1C(=O)N=c1sc2ccc([N+](=O)[O-])cc2n1C. The zero-order valence-corrected chi connectivity index (χ0v) is 16.1. The minimum absolute atomic E-state index is 0.00258. The molecular weight excluding hydrogens is 390 g/mol. The molecule has 1 aromatic heterocycles. The van der Waals surface area contributed by atoms with E-state index in [0.29, 0.717) is 10.3 Å². The van der Waals surface area contributed by atoms with E-state index in [1.807, 2.05) is 0 Å². The van der Waals surface area contributed by atoms with E-state index in [1.54, 1.807) is 29.8 Å². The first-order valence-corrected chi connectivity index (χ1v) is 10.4. The third kappa shape index (κ3) is 3.53. The molecule has 0 aliphatic rings. The van der Waals surface area contributed by atoms with Crippen molar-refractivity contribution in [3.63, 3.8) is 0 Å². The van der Waals surface area contributed by atoms with Gasteiger partial charge in [0, 0.05) is 19.2 Å². The van der Waals surface area contributed by atoms with Crippen LogP contribution in [0.1, 0.15) is 17.3 Å². The number of hydrogen-bond acceptors (Lipinski definition) is 6. The third-order valence-corrected chi connectivity index (χ3v) is 6.93. The summed E-state index contributed by atoms with van der Waals surface area (Å²) in [6, 6.07) is 10.3. The molecule has 0 fully saturated rings. The lowest BCUT2D eigenvalue weighted by molar-refractivity contribution is -0.384. The minimum atomic E-state index is -3.58. The second kappa shape index (κ2) is 7.05. The molecule has 3 rings (SSSR count). The smallest absolute Gasteiger partial charge is 0.280 e. The molecule has 2 aromatic carbocycles. The largest absolute Gasteiger partial charge is 0.319 e. The van der Waals surface area contributed by atoms with Crippen LogP contribution in [0.2, 0.25) is 0 Å². The van der Waals surface area contributed by atoms with Crippen LogP contribution >= 0.6 is 11.3 Å². The molecule has 1 amide bonds. The van der Waals surface area contributed by atoms with Crippen molar-refractivity contribution in [1.29, 1.82) is 0 Å². The van der Waals surface area contributed by atoms with Gasteiger partial charge in [0.1, 0.15) is 0 Å². The van der Waals surface area contributed by atoms with E-state index in [9.17, 15) is 23.3 Å². The molecule has 0 saturated heterocycles. The van der Waals surface area contributed by atoms with Crippen molar-refractivity contribution >= 4 is 43.0 Å². The Bertz CT molecular complexity index is 1240. The maximum atomic E-state index is 12.7. The van der Waals surface area contributed by atoms with Crippen molar-refractivity contribution in [2.45, 2.75) is 11.8 Å². The van der Waals surface area contributed by atoms with Crippen LogP contribution in [-0.2, 0) is 16.9 Å². The van der Waals surface area contributed by atoms with E-state index >= 15 is 0 Å². The topological polar surface area (TPSA) is 112 Å². The van der Waals surface area contributed by atoms with Gasteiger partial charge in [0.25, 0.3) is 11.6 Å². The summed E-state index contributed by atoms with van der Waals surface area (Å²) < 4.78 is 26.8. The van der Waals surface area contributed by atoms with Crippen LogP contribution in [0.25, 0.3) is 10.2 Å². The lowest BCUT2D eigenvalue weighted by Crippen LogP contribution is -2.15. The van der Waals surface area contributed by atoms with Crippen molar-refractivity contribution in [2.24, 2.45) is 12.0 Å². The number of non-ortho nitro benzene ring substituents is 1. The molecule has 0 atom stereocenters. The highest BCUT2D eigenvalue weighted by atomic mass is 32.2. The standard InChI is InChI=1S/C17H15N3O5S2/c1-3-27(24,25)15-7-5-4-6-12(15)16(21)18-17-19(2)13-10-11(20(22)23)8-9-14(13)26-17/h4-10H,3H2,1-2H3. The van der Waals surface area contributed by atoms with Crippen LogP contribution in [0, 0.1) is 10.1 Å². The van der Waals surface area contributed by atoms with E-state index in [2.05, 4.69) is 4.99 Å². The predicted molar refractivity (Wildman–Crippen MR) is 102 cm³/mol. The molecule has 0 unspecified atom stereocenters. The zero-order chi connectivity index (χ0) is 19.8. The zero-order valence-electron chi connectivity index (χ0n) is 14.4. The number of amides is 1. The van der Waals surface area contributed by atoms with Gasteiger partial charge in [-0.05, 0) is 18.2 Å². The van der Waals surface area contributed by atoms with Gasteiger partial charge >= 0.3 is 0 Å². The summed E-state index contributed by atoms with van der Waals surface area (Å²) in [5, 5.41) is 11.0. The van der Waals surface area contributed by atoms with Gasteiger partial charge in [-0.25, -0.2) is 8.42 Å². The van der Waals surface area contributed by atoms with Gasteiger partial charge in [-0.1, -0.05) is 30.4 Å². The van der Waals surface area contributed by atoms with Crippen LogP contribution in [0.4, 0.5) is 5.69 Å². The normalized spacial score (nSPS) is 12.4. The highest BCUT2D eigenvalue weighted by molar-refractivity contribution is 7.91. The van der Waals surface area contributed by atoms with Gasteiger partial charge in [-0.2, -0.15) is 4.99 Å². The third-order valence-electron chi connectivity index (χ3n) is 4.03. The number of nitrogens with zero attached hydrogens (tertiary/aromatic N) is 3. The van der Waals surface area contributed by atoms with Crippen molar-refractivity contribution in [1.82, 2.24) is 4.57 Å². The fraction of sp³-hybridized carbons (Fsp3) is 0.176. The number of nitro benzene ring substituents is 1. The van der Waals surface area contributed by atoms with Crippen LogP contribution in [0.5, 0.6) is 0 Å². The molecule has 1 heterocycles. The summed E-state index contributed by atoms with van der Waals surface area (Å²) in [6.45, 7) is 1.51. The lowest BCUT2D eigenvalue weighted by atomic mass is 10.2. The average molecular weight is 405 g/mol. The molecule has 0 saturated carbocycles. The molecule has 0 aliphatic heterocycles. The van der Waals surface area contributed by atoms with Crippen LogP contribution < -0.4 is 4.80 Å². The summed E-state index contributed by atoms with van der Waals surface area (Å²) in [5.41, 5.74) is 0.506. The Balaban J connectivity index is 2.15. The number of hydrogen-bond donors (Lipinski definition) is 0. The quantitative estimate of drug-likeness (QED) is 0.489. The highest BCUT2D eigenvalue weighted by Crippen LogP contribution is 2.23. The van der Waals surface area contributed by atoms with Gasteiger partial charge < -0.3 is 4.57 Å². The Morgan fingerprint density at radius 1 is 1.26 bits per heavy atom. The molecule has 0 N–H and O–H groups in total. The first-order chi connectivity index (χ1) is 12.7. The summed E-state index contributed by atoms with van der Waals surface area (Å²) in [4.78, 5) is 27.4. The monoisotopic (exact) mass is 405 g/mol. The lowest BCUT2D eigenvalue weighted by Gasteiger charge is -2.05. The van der Waals surface area contributed by atoms with E-state index in [4.69, 9.17) is 0 Å². The summed E-state index contributed by atoms with van der Waals surface area (Å²) in [6.07, 6.45) is 0. The van der Waals surface area contributed by atoms with Gasteiger partial charge in [0.2, 0.25) is 0 Å². The first-order valence-electron chi connectivity index (χ1n) is 7.89. The fourth-order valence-corrected chi connectivity index (χ4v) is 4.64. The molecule has 8 nitrogen and oxygen atoms in total. The van der Waals surface area contributed by atoms with Gasteiger partial charge in [0.15, 0.2) is 14.6 Å². The predicted octanol–water partition coefficient (Wildman–Crippen LogP) is 2.68. The minimum Gasteiger partial charge on any atom is -0.319 e.